The van der Waals surface area contributed by atoms with Gasteiger partial charge < -0.3 is 15.2 Å². The third kappa shape index (κ3) is 6.93. The van der Waals surface area contributed by atoms with Crippen LogP contribution >= 0.6 is 0 Å². The number of nitrogens with zero attached hydrogens (tertiary/aromatic N) is 1. The predicted octanol–water partition coefficient (Wildman–Crippen LogP) is 5.16. The fourth-order valence-electron chi connectivity index (χ4n) is 1.79. The number of nitrogen functional groups attached to an aromatic ring is 1. The number of methoxy groups -OCH3 is 1. The summed E-state index contributed by atoms with van der Waals surface area (Å²) in [6, 6.07) is 5.84. The van der Waals surface area contributed by atoms with Crippen LogP contribution in [-0.4, -0.2) is 25.7 Å². The van der Waals surface area contributed by atoms with Gasteiger partial charge >= 0.3 is 0 Å². The molecular formula is C19H36N2O2. The molecule has 0 fully saturated rings. The van der Waals surface area contributed by atoms with Gasteiger partial charge in [-0.3, -0.25) is 0 Å². The zero-order chi connectivity index (χ0) is 17.1. The van der Waals surface area contributed by atoms with Crippen molar-refractivity contribution in [2.75, 3.05) is 19.5 Å². The van der Waals surface area contributed by atoms with E-state index in [1.54, 1.807) is 7.11 Å². The smallest absolute Gasteiger partial charge is 0.218 e. The highest BCUT2D eigenvalue weighted by atomic mass is 16.5. The van der Waals surface area contributed by atoms with Gasteiger partial charge in [-0.25, -0.2) is 4.99 Å². The lowest BCUT2D eigenvalue weighted by Crippen LogP contribution is -2.13. The molecule has 1 aliphatic rings. The highest BCUT2D eigenvalue weighted by molar-refractivity contribution is 6.01. The van der Waals surface area contributed by atoms with Crippen molar-refractivity contribution in [3.05, 3.63) is 23.8 Å². The lowest BCUT2D eigenvalue weighted by molar-refractivity contribution is 0.292. The molecule has 0 radical (unpaired) electrons. The first-order chi connectivity index (χ1) is 10.5. The lowest BCUT2D eigenvalue weighted by Gasteiger charge is -2.09. The SMILES string of the molecule is C.CC.CCC.COc1cccc(C2=N[C@@H](C(C)C)CO2)c1N. The number of hydrogen-bond acceptors (Lipinski definition) is 4. The van der Waals surface area contributed by atoms with Crippen molar-refractivity contribution in [3.63, 3.8) is 0 Å². The Morgan fingerprint density at radius 2 is 1.87 bits per heavy atom. The van der Waals surface area contributed by atoms with Crippen LogP contribution in [0.1, 0.15) is 61.0 Å². The number of ether oxygens (including phenoxy) is 2. The Labute approximate surface area is 143 Å². The van der Waals surface area contributed by atoms with E-state index in [4.69, 9.17) is 15.2 Å². The van der Waals surface area contributed by atoms with Crippen LogP contribution in [0.3, 0.4) is 0 Å². The van der Waals surface area contributed by atoms with Crippen molar-refractivity contribution in [3.8, 4) is 5.75 Å². The highest BCUT2D eigenvalue weighted by Gasteiger charge is 2.24. The number of nitrogens with two attached hydrogens (primary N) is 1. The van der Waals surface area contributed by atoms with Crippen LogP contribution in [0.5, 0.6) is 5.75 Å². The second-order valence-electron chi connectivity index (χ2n) is 5.19. The van der Waals surface area contributed by atoms with E-state index in [-0.39, 0.29) is 13.5 Å². The molecule has 1 atom stereocenters. The Morgan fingerprint density at radius 1 is 1.30 bits per heavy atom. The second kappa shape index (κ2) is 12.8. The van der Waals surface area contributed by atoms with Gasteiger partial charge in [0.2, 0.25) is 5.90 Å². The van der Waals surface area contributed by atoms with Crippen molar-refractivity contribution in [1.29, 1.82) is 0 Å². The summed E-state index contributed by atoms with van der Waals surface area (Å²) in [6.07, 6.45) is 1.25. The first kappa shape index (κ1) is 23.6. The number of anilines is 1. The molecule has 0 spiro atoms. The molecule has 1 aromatic rings. The summed E-state index contributed by atoms with van der Waals surface area (Å²) in [5.41, 5.74) is 7.40. The summed E-state index contributed by atoms with van der Waals surface area (Å²) >= 11 is 0. The van der Waals surface area contributed by atoms with Gasteiger partial charge in [-0.05, 0) is 18.1 Å². The molecule has 4 heteroatoms. The molecule has 2 N–H and O–H groups in total. The number of aliphatic imine (C=N–C) groups is 1. The normalized spacial score (nSPS) is 15.1. The summed E-state index contributed by atoms with van der Waals surface area (Å²) in [6.45, 7) is 13.1. The van der Waals surface area contributed by atoms with E-state index in [2.05, 4.69) is 32.7 Å². The van der Waals surface area contributed by atoms with Crippen molar-refractivity contribution in [2.24, 2.45) is 10.9 Å². The Balaban J connectivity index is 0. The largest absolute Gasteiger partial charge is 0.495 e. The van der Waals surface area contributed by atoms with E-state index in [0.29, 0.717) is 29.9 Å². The predicted molar refractivity (Wildman–Crippen MR) is 103 cm³/mol. The quantitative estimate of drug-likeness (QED) is 0.781. The van der Waals surface area contributed by atoms with Gasteiger partial charge in [0.05, 0.1) is 24.4 Å². The van der Waals surface area contributed by atoms with Gasteiger partial charge in [0.1, 0.15) is 12.4 Å². The fraction of sp³-hybridized carbons (Fsp3) is 0.632. The van der Waals surface area contributed by atoms with E-state index < -0.39 is 0 Å². The molecule has 4 nitrogen and oxygen atoms in total. The van der Waals surface area contributed by atoms with E-state index in [1.165, 1.54) is 6.42 Å². The van der Waals surface area contributed by atoms with E-state index in [0.717, 1.165) is 5.56 Å². The van der Waals surface area contributed by atoms with E-state index >= 15 is 0 Å². The van der Waals surface area contributed by atoms with Crippen LogP contribution in [-0.2, 0) is 4.74 Å². The molecule has 0 saturated heterocycles. The van der Waals surface area contributed by atoms with E-state index in [9.17, 15) is 0 Å². The fourth-order valence-corrected chi connectivity index (χ4v) is 1.79. The van der Waals surface area contributed by atoms with Gasteiger partial charge in [0.15, 0.2) is 0 Å². The highest BCUT2D eigenvalue weighted by Crippen LogP contribution is 2.28. The van der Waals surface area contributed by atoms with Crippen LogP contribution < -0.4 is 10.5 Å². The maximum Gasteiger partial charge on any atom is 0.218 e. The Morgan fingerprint density at radius 3 is 2.30 bits per heavy atom. The molecule has 1 aromatic carbocycles. The summed E-state index contributed by atoms with van der Waals surface area (Å²) in [5.74, 6) is 1.75. The molecule has 1 heterocycles. The molecule has 0 amide bonds. The van der Waals surface area contributed by atoms with Crippen LogP contribution in [0.2, 0.25) is 0 Å². The molecular weight excluding hydrogens is 288 g/mol. The van der Waals surface area contributed by atoms with Crippen molar-refractivity contribution < 1.29 is 9.47 Å². The third-order valence-electron chi connectivity index (χ3n) is 2.96. The van der Waals surface area contributed by atoms with Crippen LogP contribution in [0.25, 0.3) is 0 Å². The number of benzene rings is 1. The summed E-state index contributed by atoms with van der Waals surface area (Å²) < 4.78 is 10.8. The second-order valence-corrected chi connectivity index (χ2v) is 5.19. The van der Waals surface area contributed by atoms with Gasteiger partial charge in [-0.1, -0.05) is 61.5 Å². The molecule has 0 aliphatic carbocycles. The maximum atomic E-state index is 6.01. The monoisotopic (exact) mass is 324 g/mol. The van der Waals surface area contributed by atoms with E-state index in [1.807, 2.05) is 32.0 Å². The zero-order valence-electron chi connectivity index (χ0n) is 15.1. The maximum absolute atomic E-state index is 6.01. The summed E-state index contributed by atoms with van der Waals surface area (Å²) in [4.78, 5) is 4.55. The minimum atomic E-state index is 0. The Kier molecular flexibility index (Phi) is 13.1. The first-order valence-electron chi connectivity index (χ1n) is 8.18. The van der Waals surface area contributed by atoms with Crippen LogP contribution in [0.15, 0.2) is 23.2 Å². The summed E-state index contributed by atoms with van der Waals surface area (Å²) in [5, 5.41) is 0. The molecule has 23 heavy (non-hydrogen) atoms. The molecule has 134 valence electrons. The van der Waals surface area contributed by atoms with Gasteiger partial charge in [0, 0.05) is 0 Å². The number of para-hydroxylation sites is 1. The third-order valence-corrected chi connectivity index (χ3v) is 2.96. The van der Waals surface area contributed by atoms with Gasteiger partial charge in [0.25, 0.3) is 0 Å². The average molecular weight is 325 g/mol. The molecule has 1 aliphatic heterocycles. The first-order valence-corrected chi connectivity index (χ1v) is 8.18. The van der Waals surface area contributed by atoms with Gasteiger partial charge in [-0.15, -0.1) is 0 Å². The molecule has 0 bridgehead atoms. The van der Waals surface area contributed by atoms with Crippen molar-refractivity contribution in [1.82, 2.24) is 0 Å². The minimum Gasteiger partial charge on any atom is -0.495 e. The van der Waals surface area contributed by atoms with Crippen LogP contribution in [0.4, 0.5) is 5.69 Å². The molecule has 0 saturated carbocycles. The van der Waals surface area contributed by atoms with Crippen molar-refractivity contribution >= 4 is 11.6 Å². The minimum absolute atomic E-state index is 0. The number of rotatable bonds is 3. The lowest BCUT2D eigenvalue weighted by atomic mass is 10.1. The Hall–Kier alpha value is -1.71. The number of hydrogen-bond donors (Lipinski definition) is 1. The van der Waals surface area contributed by atoms with Gasteiger partial charge in [-0.2, -0.15) is 0 Å². The molecule has 0 aromatic heterocycles. The topological polar surface area (TPSA) is 56.8 Å². The average Bonchev–Trinajstić information content (AvgIpc) is 3.00. The zero-order valence-corrected chi connectivity index (χ0v) is 15.1. The Bertz CT molecular complexity index is 457. The summed E-state index contributed by atoms with van der Waals surface area (Å²) in [7, 11) is 1.60. The standard InChI is InChI=1S/C13H18N2O2.C3H8.C2H6.CH4/c1-8(2)10-7-17-13(15-10)9-5-4-6-11(16-3)12(9)14;1-3-2;1-2;/h4-6,8,10H,7,14H2,1-3H3;3H2,1-2H3;1-2H3;1H4/t10-;;;/m1.../s1. The molecule has 2 rings (SSSR count). The van der Waals surface area contributed by atoms with Crippen molar-refractivity contribution in [2.45, 2.75) is 61.4 Å². The van der Waals surface area contributed by atoms with Crippen LogP contribution in [0, 0.1) is 5.92 Å². The molecule has 0 unspecified atom stereocenters.